The zero-order valence-electron chi connectivity index (χ0n) is 18.7. The number of guanidine groups is 1. The third-order valence-electron chi connectivity index (χ3n) is 4.41. The molecule has 0 aliphatic carbocycles. The van der Waals surface area contributed by atoms with Crippen molar-refractivity contribution in [2.24, 2.45) is 22.2 Å². The van der Waals surface area contributed by atoms with Crippen LogP contribution in [0.2, 0.25) is 0 Å². The molecule has 33 heavy (non-hydrogen) atoms. The maximum Gasteiger partial charge on any atom is 0.328 e. The second-order valence-corrected chi connectivity index (χ2v) is 8.19. The van der Waals surface area contributed by atoms with Crippen LogP contribution < -0.4 is 33.2 Å². The molecule has 5 atom stereocenters. The summed E-state index contributed by atoms with van der Waals surface area (Å²) < 4.78 is 0. The van der Waals surface area contributed by atoms with Crippen LogP contribution in [0, 0.1) is 0 Å². The van der Waals surface area contributed by atoms with Crippen LogP contribution >= 0.6 is 11.8 Å². The molecule has 0 bridgehead atoms. The second-order valence-electron chi connectivity index (χ2n) is 7.21. The van der Waals surface area contributed by atoms with E-state index >= 15 is 0 Å². The van der Waals surface area contributed by atoms with Crippen molar-refractivity contribution in [2.75, 3.05) is 25.2 Å². The average Bonchev–Trinajstić information content (AvgIpc) is 2.74. The van der Waals surface area contributed by atoms with Crippen molar-refractivity contribution in [3.8, 4) is 0 Å². The fraction of sp³-hybridized carbons (Fsp3) is 0.722. The van der Waals surface area contributed by atoms with Crippen molar-refractivity contribution < 1.29 is 34.5 Å². The van der Waals surface area contributed by atoms with Gasteiger partial charge in [0, 0.05) is 6.54 Å². The number of hydrogen-bond donors (Lipinski definition) is 9. The number of carbonyl (C=O) groups excluding carboxylic acids is 3. The zero-order chi connectivity index (χ0) is 25.6. The molecule has 15 heteroatoms. The fourth-order valence-electron chi connectivity index (χ4n) is 2.54. The SMILES string of the molecule is CSCCC(N)C(=O)NC(CO)C(=O)NC(CCCN=C(N)N)C(=O)NC(C(=O)O)C(C)O. The summed E-state index contributed by atoms with van der Waals surface area (Å²) in [5, 5.41) is 35.1. The fourth-order valence-corrected chi connectivity index (χ4v) is 3.03. The van der Waals surface area contributed by atoms with Gasteiger partial charge in [-0.2, -0.15) is 11.8 Å². The largest absolute Gasteiger partial charge is 0.480 e. The predicted molar refractivity (Wildman–Crippen MR) is 123 cm³/mol. The normalized spacial score (nSPS) is 15.3. The van der Waals surface area contributed by atoms with Crippen molar-refractivity contribution in [1.29, 1.82) is 0 Å². The molecule has 0 radical (unpaired) electrons. The summed E-state index contributed by atoms with van der Waals surface area (Å²) in [4.78, 5) is 52.4. The van der Waals surface area contributed by atoms with Crippen LogP contribution in [0.5, 0.6) is 0 Å². The first-order chi connectivity index (χ1) is 15.4. The van der Waals surface area contributed by atoms with Crippen LogP contribution in [0.3, 0.4) is 0 Å². The third kappa shape index (κ3) is 12.3. The average molecular weight is 494 g/mol. The minimum absolute atomic E-state index is 0.000165. The van der Waals surface area contributed by atoms with Gasteiger partial charge in [0.15, 0.2) is 12.0 Å². The quantitative estimate of drug-likeness (QED) is 0.0569. The highest BCUT2D eigenvalue weighted by molar-refractivity contribution is 7.98. The number of aliphatic imine (C=N–C) groups is 1. The first-order valence-corrected chi connectivity index (χ1v) is 11.6. The number of hydrogen-bond acceptors (Lipinski definition) is 9. The Morgan fingerprint density at radius 2 is 1.58 bits per heavy atom. The number of nitrogens with zero attached hydrogens (tertiary/aromatic N) is 1. The summed E-state index contributed by atoms with van der Waals surface area (Å²) in [5.41, 5.74) is 16.3. The van der Waals surface area contributed by atoms with Gasteiger partial charge in [0.25, 0.3) is 0 Å². The highest BCUT2D eigenvalue weighted by Gasteiger charge is 2.31. The van der Waals surface area contributed by atoms with Crippen molar-refractivity contribution in [3.63, 3.8) is 0 Å². The van der Waals surface area contributed by atoms with E-state index in [-0.39, 0.29) is 25.3 Å². The zero-order valence-corrected chi connectivity index (χ0v) is 19.5. The van der Waals surface area contributed by atoms with Gasteiger partial charge in [-0.1, -0.05) is 0 Å². The van der Waals surface area contributed by atoms with Crippen LogP contribution in [0.25, 0.3) is 0 Å². The predicted octanol–water partition coefficient (Wildman–Crippen LogP) is -3.97. The number of aliphatic carboxylic acids is 1. The molecular weight excluding hydrogens is 458 g/mol. The maximum atomic E-state index is 12.6. The molecule has 3 amide bonds. The van der Waals surface area contributed by atoms with Gasteiger partial charge in [0.2, 0.25) is 17.7 Å². The van der Waals surface area contributed by atoms with E-state index in [1.165, 1.54) is 18.7 Å². The number of carboxylic acid groups (broad SMARTS) is 1. The number of nitrogens with two attached hydrogens (primary N) is 3. The molecule has 0 aromatic rings. The molecule has 0 aromatic heterocycles. The summed E-state index contributed by atoms with van der Waals surface area (Å²) in [7, 11) is 0. The first kappa shape index (κ1) is 30.4. The highest BCUT2D eigenvalue weighted by Crippen LogP contribution is 2.03. The van der Waals surface area contributed by atoms with Crippen molar-refractivity contribution in [1.82, 2.24) is 16.0 Å². The van der Waals surface area contributed by atoms with E-state index in [1.807, 2.05) is 6.26 Å². The number of thioether (sulfide) groups is 1. The number of carbonyl (C=O) groups is 4. The topological polar surface area (TPSA) is 255 Å². The van der Waals surface area contributed by atoms with Gasteiger partial charge in [-0.15, -0.1) is 0 Å². The van der Waals surface area contributed by atoms with E-state index in [2.05, 4.69) is 20.9 Å². The summed E-state index contributed by atoms with van der Waals surface area (Å²) in [5.74, 6) is -3.43. The van der Waals surface area contributed by atoms with Gasteiger partial charge in [-0.05, 0) is 38.2 Å². The lowest BCUT2D eigenvalue weighted by atomic mass is 10.1. The highest BCUT2D eigenvalue weighted by atomic mass is 32.2. The molecule has 0 spiro atoms. The van der Waals surface area contributed by atoms with E-state index < -0.39 is 60.6 Å². The molecule has 12 N–H and O–H groups in total. The van der Waals surface area contributed by atoms with E-state index in [4.69, 9.17) is 22.3 Å². The summed E-state index contributed by atoms with van der Waals surface area (Å²) in [6.07, 6.45) is 1.03. The number of aliphatic hydroxyl groups excluding tert-OH is 2. The van der Waals surface area contributed by atoms with Crippen molar-refractivity contribution >= 4 is 41.4 Å². The van der Waals surface area contributed by atoms with Gasteiger partial charge in [-0.25, -0.2) is 4.79 Å². The van der Waals surface area contributed by atoms with E-state index in [0.717, 1.165) is 0 Å². The molecular formula is C18H35N7O7S. The van der Waals surface area contributed by atoms with E-state index in [0.29, 0.717) is 12.2 Å². The van der Waals surface area contributed by atoms with E-state index in [9.17, 15) is 29.4 Å². The number of carboxylic acids is 1. The Labute approximate surface area is 196 Å². The van der Waals surface area contributed by atoms with Gasteiger partial charge in [0.05, 0.1) is 18.8 Å². The monoisotopic (exact) mass is 493 g/mol. The van der Waals surface area contributed by atoms with Crippen LogP contribution in [0.1, 0.15) is 26.2 Å². The molecule has 0 heterocycles. The number of nitrogens with one attached hydrogen (secondary N) is 3. The Kier molecular flexibility index (Phi) is 14.8. The Morgan fingerprint density at radius 1 is 1.00 bits per heavy atom. The summed E-state index contributed by atoms with van der Waals surface area (Å²) in [6.45, 7) is 0.550. The summed E-state index contributed by atoms with van der Waals surface area (Å²) >= 11 is 1.49. The van der Waals surface area contributed by atoms with Crippen LogP contribution in [0.15, 0.2) is 4.99 Å². The molecule has 5 unspecified atom stereocenters. The minimum Gasteiger partial charge on any atom is -0.480 e. The van der Waals surface area contributed by atoms with Crippen molar-refractivity contribution in [2.45, 2.75) is 56.5 Å². The Bertz CT molecular complexity index is 689. The lowest BCUT2D eigenvalue weighted by Gasteiger charge is -2.25. The molecule has 14 nitrogen and oxygen atoms in total. The molecule has 0 saturated carbocycles. The Hall–Kier alpha value is -2.62. The second kappa shape index (κ2) is 16.1. The van der Waals surface area contributed by atoms with Gasteiger partial charge >= 0.3 is 5.97 Å². The Balaban J connectivity index is 5.33. The van der Waals surface area contributed by atoms with Gasteiger partial charge in [-0.3, -0.25) is 19.4 Å². The third-order valence-corrected chi connectivity index (χ3v) is 5.05. The molecule has 0 saturated heterocycles. The molecule has 190 valence electrons. The van der Waals surface area contributed by atoms with Crippen molar-refractivity contribution in [3.05, 3.63) is 0 Å². The number of amides is 3. The smallest absolute Gasteiger partial charge is 0.328 e. The molecule has 0 aromatic carbocycles. The number of rotatable bonds is 16. The lowest BCUT2D eigenvalue weighted by Crippen LogP contribution is -2.59. The minimum atomic E-state index is -1.61. The summed E-state index contributed by atoms with van der Waals surface area (Å²) in [6, 6.07) is -5.15. The molecule has 0 aliphatic heterocycles. The van der Waals surface area contributed by atoms with E-state index in [1.54, 1.807) is 0 Å². The van der Waals surface area contributed by atoms with Crippen LogP contribution in [0.4, 0.5) is 0 Å². The van der Waals surface area contributed by atoms with Gasteiger partial charge < -0.3 is 48.5 Å². The molecule has 0 rings (SSSR count). The maximum absolute atomic E-state index is 12.6. The molecule has 0 fully saturated rings. The Morgan fingerprint density at radius 3 is 2.06 bits per heavy atom. The van der Waals surface area contributed by atoms with Crippen LogP contribution in [-0.4, -0.2) is 100 Å². The lowest BCUT2D eigenvalue weighted by molar-refractivity contribution is -0.145. The van der Waals surface area contributed by atoms with Gasteiger partial charge in [0.1, 0.15) is 12.1 Å². The standard InChI is InChI=1S/C18H35N7O7S/c1-9(27)13(17(31)32)25-15(29)11(4-3-6-22-18(20)21)23-16(30)12(8-26)24-14(28)10(19)5-7-33-2/h9-13,26-27H,3-8,19H2,1-2H3,(H,23,30)(H,24,28)(H,25,29)(H,31,32)(H4,20,21,22). The molecule has 0 aliphatic rings. The van der Waals surface area contributed by atoms with Crippen LogP contribution in [-0.2, 0) is 19.2 Å². The first-order valence-electron chi connectivity index (χ1n) is 10.2. The number of aliphatic hydroxyl groups is 2.